The van der Waals surface area contributed by atoms with Crippen LogP contribution in [0.3, 0.4) is 0 Å². The van der Waals surface area contributed by atoms with Crippen LogP contribution in [-0.4, -0.2) is 25.0 Å². The van der Waals surface area contributed by atoms with Gasteiger partial charge in [0.05, 0.1) is 5.92 Å². The zero-order chi connectivity index (χ0) is 14.7. The third-order valence-electron chi connectivity index (χ3n) is 4.35. The minimum Gasteiger partial charge on any atom is -0.353 e. The van der Waals surface area contributed by atoms with E-state index in [-0.39, 0.29) is 24.2 Å². The van der Waals surface area contributed by atoms with Gasteiger partial charge >= 0.3 is 0 Å². The number of rotatable bonds is 3. The topological polar surface area (TPSA) is 41.1 Å². The Kier molecular flexibility index (Phi) is 5.81. The van der Waals surface area contributed by atoms with E-state index in [0.29, 0.717) is 6.04 Å². The molecule has 0 radical (unpaired) electrons. The highest BCUT2D eigenvalue weighted by atomic mass is 35.5. The Labute approximate surface area is 137 Å². The number of piperidine rings is 1. The number of carbonyl (C=O) groups excluding carboxylic acids is 1. The largest absolute Gasteiger partial charge is 0.353 e. The second-order valence-corrected chi connectivity index (χ2v) is 5.86. The molecule has 118 valence electrons. The van der Waals surface area contributed by atoms with Crippen LogP contribution in [0.5, 0.6) is 0 Å². The Morgan fingerprint density at radius 2 is 1.82 bits per heavy atom. The standard InChI is InChI=1S/C18H22N2O.ClH/c1-13(18(21)20-17-8-10-19-11-9-17)15-7-6-14-4-2-3-5-16(14)12-15;/h2-7,12-13,17,19H,8-11H2,1H3,(H,20,21);1H. The summed E-state index contributed by atoms with van der Waals surface area (Å²) < 4.78 is 0. The summed E-state index contributed by atoms with van der Waals surface area (Å²) in [4.78, 5) is 12.4. The molecule has 22 heavy (non-hydrogen) atoms. The summed E-state index contributed by atoms with van der Waals surface area (Å²) >= 11 is 0. The molecule has 2 aromatic rings. The first kappa shape index (κ1) is 16.8. The van der Waals surface area contributed by atoms with Gasteiger partial charge in [-0.3, -0.25) is 4.79 Å². The van der Waals surface area contributed by atoms with Crippen molar-refractivity contribution in [1.82, 2.24) is 10.6 Å². The van der Waals surface area contributed by atoms with Crippen LogP contribution < -0.4 is 10.6 Å². The van der Waals surface area contributed by atoms with Gasteiger partial charge < -0.3 is 10.6 Å². The van der Waals surface area contributed by atoms with Gasteiger partial charge in [0, 0.05) is 6.04 Å². The van der Waals surface area contributed by atoms with Crippen molar-refractivity contribution in [3.05, 3.63) is 48.0 Å². The van der Waals surface area contributed by atoms with Gasteiger partial charge in [-0.2, -0.15) is 0 Å². The molecule has 1 aliphatic heterocycles. The van der Waals surface area contributed by atoms with Crippen LogP contribution in [0.1, 0.15) is 31.2 Å². The predicted molar refractivity (Wildman–Crippen MR) is 93.6 cm³/mol. The Bertz CT molecular complexity index is 638. The summed E-state index contributed by atoms with van der Waals surface area (Å²) in [5, 5.41) is 8.91. The molecule has 1 atom stereocenters. The predicted octanol–water partition coefficient (Wildman–Crippen LogP) is 3.23. The van der Waals surface area contributed by atoms with Gasteiger partial charge in [0.2, 0.25) is 5.91 Å². The highest BCUT2D eigenvalue weighted by molar-refractivity contribution is 5.87. The van der Waals surface area contributed by atoms with Crippen molar-refractivity contribution in [2.45, 2.75) is 31.7 Å². The lowest BCUT2D eigenvalue weighted by atomic mass is 9.96. The van der Waals surface area contributed by atoms with E-state index in [2.05, 4.69) is 41.0 Å². The van der Waals surface area contributed by atoms with Gasteiger partial charge in [0.1, 0.15) is 0 Å². The van der Waals surface area contributed by atoms with Crippen molar-refractivity contribution >= 4 is 29.1 Å². The number of benzene rings is 2. The third kappa shape index (κ3) is 3.79. The number of hydrogen-bond donors (Lipinski definition) is 2. The zero-order valence-electron chi connectivity index (χ0n) is 12.8. The quantitative estimate of drug-likeness (QED) is 0.912. The number of nitrogens with one attached hydrogen (secondary N) is 2. The lowest BCUT2D eigenvalue weighted by Gasteiger charge is -2.25. The summed E-state index contributed by atoms with van der Waals surface area (Å²) in [6.45, 7) is 3.98. The number of amides is 1. The molecular weight excluding hydrogens is 296 g/mol. The molecule has 4 heteroatoms. The highest BCUT2D eigenvalue weighted by Gasteiger charge is 2.20. The van der Waals surface area contributed by atoms with Crippen molar-refractivity contribution in [1.29, 1.82) is 0 Å². The Morgan fingerprint density at radius 1 is 1.14 bits per heavy atom. The Balaban J connectivity index is 0.00000176. The minimum atomic E-state index is -0.107. The van der Waals surface area contributed by atoms with Crippen molar-refractivity contribution in [3.8, 4) is 0 Å². The average Bonchev–Trinajstić information content (AvgIpc) is 2.54. The van der Waals surface area contributed by atoms with Gasteiger partial charge in [-0.15, -0.1) is 12.4 Å². The van der Waals surface area contributed by atoms with Gasteiger partial charge in [0.15, 0.2) is 0 Å². The number of carbonyl (C=O) groups is 1. The van der Waals surface area contributed by atoms with E-state index in [4.69, 9.17) is 0 Å². The second kappa shape index (κ2) is 7.61. The van der Waals surface area contributed by atoms with E-state index in [1.54, 1.807) is 0 Å². The first-order chi connectivity index (χ1) is 10.2. The van der Waals surface area contributed by atoms with E-state index < -0.39 is 0 Å². The molecule has 0 aromatic heterocycles. The molecular formula is C18H23ClN2O. The van der Waals surface area contributed by atoms with Crippen molar-refractivity contribution in [3.63, 3.8) is 0 Å². The molecule has 1 heterocycles. The monoisotopic (exact) mass is 318 g/mol. The molecule has 1 amide bonds. The normalized spacial score (nSPS) is 16.8. The van der Waals surface area contributed by atoms with Crippen LogP contribution in [-0.2, 0) is 4.79 Å². The zero-order valence-corrected chi connectivity index (χ0v) is 13.7. The molecule has 1 fully saturated rings. The molecule has 0 saturated carbocycles. The van der Waals surface area contributed by atoms with Crippen molar-refractivity contribution in [2.24, 2.45) is 0 Å². The molecule has 1 aliphatic rings. The second-order valence-electron chi connectivity index (χ2n) is 5.86. The highest BCUT2D eigenvalue weighted by Crippen LogP contribution is 2.22. The molecule has 3 rings (SSSR count). The van der Waals surface area contributed by atoms with E-state index in [0.717, 1.165) is 31.5 Å². The smallest absolute Gasteiger partial charge is 0.227 e. The van der Waals surface area contributed by atoms with E-state index in [1.807, 2.05) is 19.1 Å². The minimum absolute atomic E-state index is 0. The molecule has 1 unspecified atom stereocenters. The van der Waals surface area contributed by atoms with Gasteiger partial charge in [-0.25, -0.2) is 0 Å². The summed E-state index contributed by atoms with van der Waals surface area (Å²) in [5.41, 5.74) is 1.08. The van der Waals surface area contributed by atoms with Crippen molar-refractivity contribution < 1.29 is 4.79 Å². The lowest BCUT2D eigenvalue weighted by molar-refractivity contribution is -0.123. The van der Waals surface area contributed by atoms with Crippen molar-refractivity contribution in [2.75, 3.05) is 13.1 Å². The number of fused-ring (bicyclic) bond motifs is 1. The van der Waals surface area contributed by atoms with Gasteiger partial charge in [-0.05, 0) is 49.2 Å². The maximum absolute atomic E-state index is 12.4. The maximum Gasteiger partial charge on any atom is 0.227 e. The van der Waals surface area contributed by atoms with Gasteiger partial charge in [0.25, 0.3) is 0 Å². The maximum atomic E-state index is 12.4. The molecule has 2 N–H and O–H groups in total. The molecule has 3 nitrogen and oxygen atoms in total. The van der Waals surface area contributed by atoms with E-state index in [1.165, 1.54) is 10.8 Å². The van der Waals surface area contributed by atoms with Crippen LogP contribution >= 0.6 is 12.4 Å². The third-order valence-corrected chi connectivity index (χ3v) is 4.35. The summed E-state index contributed by atoms with van der Waals surface area (Å²) in [6.07, 6.45) is 2.05. The molecule has 0 aliphatic carbocycles. The summed E-state index contributed by atoms with van der Waals surface area (Å²) in [5.74, 6) is 0.0293. The first-order valence-corrected chi connectivity index (χ1v) is 7.74. The lowest BCUT2D eigenvalue weighted by Crippen LogP contribution is -2.44. The fourth-order valence-corrected chi connectivity index (χ4v) is 2.92. The van der Waals surface area contributed by atoms with Crippen LogP contribution in [0.15, 0.2) is 42.5 Å². The Hall–Kier alpha value is -1.58. The molecule has 2 aromatic carbocycles. The van der Waals surface area contributed by atoms with Crippen LogP contribution in [0.25, 0.3) is 10.8 Å². The average molecular weight is 319 g/mol. The number of hydrogen-bond acceptors (Lipinski definition) is 2. The van der Waals surface area contributed by atoms with Crippen LogP contribution in [0.4, 0.5) is 0 Å². The van der Waals surface area contributed by atoms with Crippen LogP contribution in [0.2, 0.25) is 0 Å². The molecule has 0 bridgehead atoms. The fraction of sp³-hybridized carbons (Fsp3) is 0.389. The fourth-order valence-electron chi connectivity index (χ4n) is 2.92. The summed E-state index contributed by atoms with van der Waals surface area (Å²) in [6, 6.07) is 14.9. The van der Waals surface area contributed by atoms with E-state index in [9.17, 15) is 4.79 Å². The van der Waals surface area contributed by atoms with E-state index >= 15 is 0 Å². The molecule has 1 saturated heterocycles. The SMILES string of the molecule is CC(C(=O)NC1CCNCC1)c1ccc2ccccc2c1.Cl. The van der Waals surface area contributed by atoms with Crippen LogP contribution in [0, 0.1) is 0 Å². The first-order valence-electron chi connectivity index (χ1n) is 7.74. The van der Waals surface area contributed by atoms with Gasteiger partial charge in [-0.1, -0.05) is 42.5 Å². The number of halogens is 1. The summed E-state index contributed by atoms with van der Waals surface area (Å²) in [7, 11) is 0. The Morgan fingerprint density at radius 3 is 2.55 bits per heavy atom. The molecule has 0 spiro atoms.